The van der Waals surface area contributed by atoms with Crippen LogP contribution < -0.4 is 10.6 Å². The summed E-state index contributed by atoms with van der Waals surface area (Å²) in [6.45, 7) is 7.29. The van der Waals surface area contributed by atoms with Gasteiger partial charge in [0.1, 0.15) is 5.60 Å². The molecule has 20 heavy (non-hydrogen) atoms. The van der Waals surface area contributed by atoms with Crippen LogP contribution in [0.25, 0.3) is 0 Å². The number of carbonyl (C=O) groups excluding carboxylic acids is 2. The van der Waals surface area contributed by atoms with E-state index in [1.54, 1.807) is 14.2 Å². The maximum atomic E-state index is 12.5. The van der Waals surface area contributed by atoms with E-state index in [2.05, 4.69) is 10.6 Å². The van der Waals surface area contributed by atoms with Crippen molar-refractivity contribution in [1.29, 1.82) is 0 Å². The molecule has 1 rings (SSSR count). The van der Waals surface area contributed by atoms with E-state index in [0.717, 1.165) is 13.1 Å². The predicted molar refractivity (Wildman–Crippen MR) is 77.4 cm³/mol. The molecule has 0 aliphatic carbocycles. The third-order valence-electron chi connectivity index (χ3n) is 3.43. The topological polar surface area (TPSA) is 70.7 Å². The fraction of sp³-hybridized carbons (Fsp3) is 0.857. The first-order valence-corrected chi connectivity index (χ1v) is 7.03. The summed E-state index contributed by atoms with van der Waals surface area (Å²) >= 11 is 0. The van der Waals surface area contributed by atoms with Gasteiger partial charge in [0.25, 0.3) is 5.91 Å². The standard InChI is InChI=1S/C14H27N3O3/c1-13(2,3)16-11(18)10-17(4)12(19)14(20-5)6-8-15-9-7-14/h15H,6-10H2,1-5H3,(H,16,18). The Bertz CT molecular complexity index is 357. The molecule has 0 unspecified atom stereocenters. The molecule has 0 bridgehead atoms. The molecule has 6 nitrogen and oxygen atoms in total. The van der Waals surface area contributed by atoms with Crippen LogP contribution in [0.2, 0.25) is 0 Å². The number of ether oxygens (including phenoxy) is 1. The van der Waals surface area contributed by atoms with Gasteiger partial charge in [0.15, 0.2) is 0 Å². The van der Waals surface area contributed by atoms with Gasteiger partial charge in [-0.1, -0.05) is 0 Å². The first-order chi connectivity index (χ1) is 9.20. The van der Waals surface area contributed by atoms with Crippen molar-refractivity contribution in [2.24, 2.45) is 0 Å². The molecule has 1 heterocycles. The fourth-order valence-corrected chi connectivity index (χ4v) is 2.43. The lowest BCUT2D eigenvalue weighted by molar-refractivity contribution is -0.158. The molecule has 0 radical (unpaired) electrons. The Labute approximate surface area is 121 Å². The number of rotatable bonds is 4. The van der Waals surface area contributed by atoms with E-state index in [9.17, 15) is 9.59 Å². The van der Waals surface area contributed by atoms with Crippen LogP contribution in [0, 0.1) is 0 Å². The molecule has 2 amide bonds. The van der Waals surface area contributed by atoms with E-state index < -0.39 is 5.60 Å². The van der Waals surface area contributed by atoms with Crippen molar-refractivity contribution in [3.8, 4) is 0 Å². The Kier molecular flexibility index (Phi) is 5.53. The van der Waals surface area contributed by atoms with Crippen LogP contribution >= 0.6 is 0 Å². The van der Waals surface area contributed by atoms with Gasteiger partial charge in [0, 0.05) is 19.7 Å². The molecule has 0 aromatic carbocycles. The van der Waals surface area contributed by atoms with Crippen LogP contribution in [0.1, 0.15) is 33.6 Å². The molecule has 0 spiro atoms. The van der Waals surface area contributed by atoms with Crippen LogP contribution in [0.5, 0.6) is 0 Å². The molecule has 1 saturated heterocycles. The molecule has 0 saturated carbocycles. The van der Waals surface area contributed by atoms with E-state index in [0.29, 0.717) is 12.8 Å². The molecule has 0 atom stereocenters. The van der Waals surface area contributed by atoms with Crippen molar-refractivity contribution in [3.63, 3.8) is 0 Å². The predicted octanol–water partition coefficient (Wildman–Crippen LogP) is 0.128. The molecular formula is C14H27N3O3. The quantitative estimate of drug-likeness (QED) is 0.770. The third-order valence-corrected chi connectivity index (χ3v) is 3.43. The largest absolute Gasteiger partial charge is 0.368 e. The van der Waals surface area contributed by atoms with Gasteiger partial charge in [0.05, 0.1) is 6.54 Å². The van der Waals surface area contributed by atoms with Crippen LogP contribution in [0.3, 0.4) is 0 Å². The zero-order chi connectivity index (χ0) is 15.4. The van der Waals surface area contributed by atoms with E-state index in [1.165, 1.54) is 4.90 Å². The van der Waals surface area contributed by atoms with E-state index in [1.807, 2.05) is 20.8 Å². The highest BCUT2D eigenvalue weighted by Crippen LogP contribution is 2.24. The normalized spacial score (nSPS) is 18.4. The van der Waals surface area contributed by atoms with Gasteiger partial charge in [-0.25, -0.2) is 0 Å². The number of carbonyl (C=O) groups is 2. The summed E-state index contributed by atoms with van der Waals surface area (Å²) in [5, 5.41) is 6.06. The van der Waals surface area contributed by atoms with E-state index in [-0.39, 0.29) is 23.9 Å². The number of nitrogens with one attached hydrogen (secondary N) is 2. The second-order valence-electron chi connectivity index (χ2n) is 6.41. The first kappa shape index (κ1) is 16.9. The summed E-state index contributed by atoms with van der Waals surface area (Å²) in [5.41, 5.74) is -1.09. The summed E-state index contributed by atoms with van der Waals surface area (Å²) in [6.07, 6.45) is 1.27. The highest BCUT2D eigenvalue weighted by atomic mass is 16.5. The number of methoxy groups -OCH3 is 1. The number of nitrogens with zero attached hydrogens (tertiary/aromatic N) is 1. The van der Waals surface area contributed by atoms with Gasteiger partial charge >= 0.3 is 0 Å². The highest BCUT2D eigenvalue weighted by molar-refractivity contribution is 5.89. The summed E-state index contributed by atoms with van der Waals surface area (Å²) in [4.78, 5) is 25.9. The average Bonchev–Trinajstić information content (AvgIpc) is 2.36. The molecule has 0 aromatic rings. The van der Waals surface area contributed by atoms with Gasteiger partial charge in [-0.2, -0.15) is 0 Å². The Balaban J connectivity index is 2.63. The lowest BCUT2D eigenvalue weighted by atomic mass is 9.90. The van der Waals surface area contributed by atoms with Gasteiger partial charge in [0.2, 0.25) is 5.91 Å². The summed E-state index contributed by atoms with van der Waals surface area (Å²) in [6, 6.07) is 0. The van der Waals surface area contributed by atoms with Crippen LogP contribution in [0.15, 0.2) is 0 Å². The average molecular weight is 285 g/mol. The summed E-state index contributed by atoms with van der Waals surface area (Å²) < 4.78 is 5.48. The Morgan fingerprint density at radius 1 is 1.30 bits per heavy atom. The van der Waals surface area contributed by atoms with Gasteiger partial charge < -0.3 is 20.3 Å². The Morgan fingerprint density at radius 3 is 2.30 bits per heavy atom. The summed E-state index contributed by atoms with van der Waals surface area (Å²) in [7, 11) is 3.21. The molecule has 116 valence electrons. The highest BCUT2D eigenvalue weighted by Gasteiger charge is 2.41. The minimum atomic E-state index is -0.790. The van der Waals surface area contributed by atoms with Gasteiger partial charge in [-0.3, -0.25) is 9.59 Å². The lowest BCUT2D eigenvalue weighted by Gasteiger charge is -2.37. The monoisotopic (exact) mass is 285 g/mol. The van der Waals surface area contributed by atoms with Crippen LogP contribution in [0.4, 0.5) is 0 Å². The SMILES string of the molecule is COC1(C(=O)N(C)CC(=O)NC(C)(C)C)CCNCC1. The maximum Gasteiger partial charge on any atom is 0.255 e. The van der Waals surface area contributed by atoms with Crippen molar-refractivity contribution in [3.05, 3.63) is 0 Å². The molecule has 2 N–H and O–H groups in total. The molecule has 0 aromatic heterocycles. The number of piperidine rings is 1. The number of amides is 2. The minimum absolute atomic E-state index is 0.0502. The third kappa shape index (κ3) is 4.45. The van der Waals surface area contributed by atoms with Gasteiger partial charge in [-0.15, -0.1) is 0 Å². The van der Waals surface area contributed by atoms with E-state index >= 15 is 0 Å². The molecule has 1 fully saturated rings. The Morgan fingerprint density at radius 2 is 1.85 bits per heavy atom. The van der Waals surface area contributed by atoms with Crippen LogP contribution in [-0.4, -0.2) is 61.6 Å². The smallest absolute Gasteiger partial charge is 0.255 e. The van der Waals surface area contributed by atoms with Gasteiger partial charge in [-0.05, 0) is 46.7 Å². The Hall–Kier alpha value is -1.14. The lowest BCUT2D eigenvalue weighted by Crippen LogP contribution is -2.56. The zero-order valence-corrected chi connectivity index (χ0v) is 13.2. The molecule has 6 heteroatoms. The maximum absolute atomic E-state index is 12.5. The van der Waals surface area contributed by atoms with Crippen molar-refractivity contribution < 1.29 is 14.3 Å². The van der Waals surface area contributed by atoms with Crippen molar-refractivity contribution >= 4 is 11.8 Å². The van der Waals surface area contributed by atoms with E-state index in [4.69, 9.17) is 4.74 Å². The molecule has 1 aliphatic rings. The number of hydrogen-bond donors (Lipinski definition) is 2. The zero-order valence-electron chi connectivity index (χ0n) is 13.2. The molecule has 1 aliphatic heterocycles. The number of hydrogen-bond acceptors (Lipinski definition) is 4. The molecular weight excluding hydrogens is 258 g/mol. The first-order valence-electron chi connectivity index (χ1n) is 7.03. The van der Waals surface area contributed by atoms with Crippen molar-refractivity contribution in [2.75, 3.05) is 33.8 Å². The minimum Gasteiger partial charge on any atom is -0.368 e. The second-order valence-corrected chi connectivity index (χ2v) is 6.41. The van der Waals surface area contributed by atoms with Crippen LogP contribution in [-0.2, 0) is 14.3 Å². The van der Waals surface area contributed by atoms with Crippen molar-refractivity contribution in [2.45, 2.75) is 44.8 Å². The summed E-state index contributed by atoms with van der Waals surface area (Å²) in [5.74, 6) is -0.279. The second kappa shape index (κ2) is 6.54. The van der Waals surface area contributed by atoms with Crippen molar-refractivity contribution in [1.82, 2.24) is 15.5 Å². The number of likely N-dealkylation sites (N-methyl/N-ethyl adjacent to an activating group) is 1. The fourth-order valence-electron chi connectivity index (χ4n) is 2.43.